The highest BCUT2D eigenvalue weighted by atomic mass is 16.5. The normalized spacial score (nSPS) is 12.2. The molecule has 0 fully saturated rings. The zero-order valence-corrected chi connectivity index (χ0v) is 12.1. The van der Waals surface area contributed by atoms with Crippen LogP contribution in [0.15, 0.2) is 10.7 Å². The van der Waals surface area contributed by atoms with Gasteiger partial charge in [0.05, 0.1) is 6.61 Å². The maximum atomic E-state index is 11.4. The summed E-state index contributed by atoms with van der Waals surface area (Å²) in [7, 11) is 0. The molecule has 1 aromatic rings. The van der Waals surface area contributed by atoms with E-state index < -0.39 is 5.97 Å². The molecule has 0 spiro atoms. The van der Waals surface area contributed by atoms with Crippen molar-refractivity contribution in [1.29, 1.82) is 0 Å². The van der Waals surface area contributed by atoms with Crippen LogP contribution >= 0.6 is 0 Å². The van der Waals surface area contributed by atoms with Gasteiger partial charge in [0.1, 0.15) is 6.26 Å². The summed E-state index contributed by atoms with van der Waals surface area (Å²) in [5.41, 5.74) is 0.214. The Balaban J connectivity index is 2.42. The standard InChI is InChI=1S/C14H24N2O3/c1-4-7-8-11(5-2)9-15-14-16-12(10-19-14)13(17)18-6-3/h10-11H,4-9H2,1-3H3,(H,15,16). The Labute approximate surface area is 114 Å². The topological polar surface area (TPSA) is 64.4 Å². The quantitative estimate of drug-likeness (QED) is 0.695. The first-order chi connectivity index (χ1) is 9.21. The number of nitrogens with one attached hydrogen (secondary N) is 1. The van der Waals surface area contributed by atoms with Gasteiger partial charge in [-0.25, -0.2) is 4.79 Å². The molecule has 19 heavy (non-hydrogen) atoms. The molecule has 5 nitrogen and oxygen atoms in total. The number of hydrogen-bond donors (Lipinski definition) is 1. The fourth-order valence-electron chi connectivity index (χ4n) is 1.83. The molecule has 1 aromatic heterocycles. The first kappa shape index (κ1) is 15.5. The van der Waals surface area contributed by atoms with Gasteiger partial charge in [-0.3, -0.25) is 0 Å². The number of carbonyl (C=O) groups excluding carboxylic acids is 1. The average molecular weight is 268 g/mol. The third kappa shape index (κ3) is 5.32. The average Bonchev–Trinajstić information content (AvgIpc) is 2.88. The van der Waals surface area contributed by atoms with E-state index in [4.69, 9.17) is 9.15 Å². The van der Waals surface area contributed by atoms with Crippen molar-refractivity contribution < 1.29 is 13.9 Å². The fraction of sp³-hybridized carbons (Fsp3) is 0.714. The van der Waals surface area contributed by atoms with Crippen LogP contribution in [-0.2, 0) is 4.74 Å². The zero-order chi connectivity index (χ0) is 14.1. The van der Waals surface area contributed by atoms with E-state index in [1.54, 1.807) is 6.92 Å². The first-order valence-electron chi connectivity index (χ1n) is 7.07. The number of nitrogens with zero attached hydrogens (tertiary/aromatic N) is 1. The lowest BCUT2D eigenvalue weighted by Gasteiger charge is -2.13. The van der Waals surface area contributed by atoms with E-state index >= 15 is 0 Å². The SMILES string of the molecule is CCCCC(CC)CNc1nc(C(=O)OCC)co1. The Morgan fingerprint density at radius 1 is 1.47 bits per heavy atom. The Kier molecular flexibility index (Phi) is 7.00. The summed E-state index contributed by atoms with van der Waals surface area (Å²) < 4.78 is 10.1. The second-order valence-corrected chi connectivity index (χ2v) is 4.56. The van der Waals surface area contributed by atoms with E-state index in [2.05, 4.69) is 24.1 Å². The van der Waals surface area contributed by atoms with Crippen molar-refractivity contribution >= 4 is 12.0 Å². The van der Waals surface area contributed by atoms with Crippen LogP contribution in [0.3, 0.4) is 0 Å². The number of hydrogen-bond acceptors (Lipinski definition) is 5. The molecule has 0 radical (unpaired) electrons. The lowest BCUT2D eigenvalue weighted by atomic mass is 9.99. The summed E-state index contributed by atoms with van der Waals surface area (Å²) in [6.07, 6.45) is 6.10. The van der Waals surface area contributed by atoms with Crippen molar-refractivity contribution in [3.05, 3.63) is 12.0 Å². The maximum Gasteiger partial charge on any atom is 0.360 e. The minimum absolute atomic E-state index is 0.214. The number of esters is 1. The van der Waals surface area contributed by atoms with Crippen LogP contribution in [-0.4, -0.2) is 24.1 Å². The molecule has 1 atom stereocenters. The van der Waals surface area contributed by atoms with Crippen LogP contribution in [0.2, 0.25) is 0 Å². The van der Waals surface area contributed by atoms with Crippen LogP contribution in [0.25, 0.3) is 0 Å². The molecule has 0 aliphatic carbocycles. The molecule has 0 aliphatic heterocycles. The third-order valence-corrected chi connectivity index (χ3v) is 3.07. The molecule has 0 aromatic carbocycles. The zero-order valence-electron chi connectivity index (χ0n) is 12.1. The van der Waals surface area contributed by atoms with Gasteiger partial charge in [0, 0.05) is 6.54 Å². The minimum Gasteiger partial charge on any atom is -0.461 e. The molecule has 1 unspecified atom stereocenters. The third-order valence-electron chi connectivity index (χ3n) is 3.07. The van der Waals surface area contributed by atoms with Crippen LogP contribution < -0.4 is 5.32 Å². The molecule has 1 heterocycles. The fourth-order valence-corrected chi connectivity index (χ4v) is 1.83. The van der Waals surface area contributed by atoms with Gasteiger partial charge in [0.25, 0.3) is 6.01 Å². The molecule has 0 bridgehead atoms. The van der Waals surface area contributed by atoms with Gasteiger partial charge in [-0.1, -0.05) is 33.1 Å². The first-order valence-corrected chi connectivity index (χ1v) is 7.07. The molecule has 0 saturated heterocycles. The smallest absolute Gasteiger partial charge is 0.360 e. The highest BCUT2D eigenvalue weighted by molar-refractivity contribution is 5.87. The molecule has 1 rings (SSSR count). The second-order valence-electron chi connectivity index (χ2n) is 4.56. The van der Waals surface area contributed by atoms with E-state index in [0.29, 0.717) is 18.5 Å². The molecule has 0 saturated carbocycles. The number of carbonyl (C=O) groups is 1. The van der Waals surface area contributed by atoms with Crippen molar-refractivity contribution in [2.45, 2.75) is 46.5 Å². The monoisotopic (exact) mass is 268 g/mol. The van der Waals surface area contributed by atoms with E-state index in [1.807, 2.05) is 0 Å². The molecular weight excluding hydrogens is 244 g/mol. The van der Waals surface area contributed by atoms with Gasteiger partial charge in [-0.05, 0) is 19.3 Å². The van der Waals surface area contributed by atoms with E-state index in [-0.39, 0.29) is 5.69 Å². The van der Waals surface area contributed by atoms with Crippen LogP contribution in [0, 0.1) is 5.92 Å². The summed E-state index contributed by atoms with van der Waals surface area (Å²) in [5, 5.41) is 3.14. The van der Waals surface area contributed by atoms with Gasteiger partial charge in [0.2, 0.25) is 0 Å². The van der Waals surface area contributed by atoms with Gasteiger partial charge < -0.3 is 14.5 Å². The number of oxazole rings is 1. The largest absolute Gasteiger partial charge is 0.461 e. The number of unbranched alkanes of at least 4 members (excludes halogenated alkanes) is 1. The molecule has 5 heteroatoms. The predicted octanol–water partition coefficient (Wildman–Crippen LogP) is 3.48. The summed E-state index contributed by atoms with van der Waals surface area (Å²) >= 11 is 0. The summed E-state index contributed by atoms with van der Waals surface area (Å²) in [6, 6.07) is 0.387. The summed E-state index contributed by atoms with van der Waals surface area (Å²) in [5.74, 6) is 0.162. The predicted molar refractivity (Wildman–Crippen MR) is 74.3 cm³/mol. The van der Waals surface area contributed by atoms with Crippen molar-refractivity contribution in [2.24, 2.45) is 5.92 Å². The van der Waals surface area contributed by atoms with Gasteiger partial charge in [-0.15, -0.1) is 0 Å². The van der Waals surface area contributed by atoms with E-state index in [0.717, 1.165) is 13.0 Å². The molecule has 0 aliphatic rings. The van der Waals surface area contributed by atoms with Crippen molar-refractivity contribution in [3.63, 3.8) is 0 Å². The van der Waals surface area contributed by atoms with Crippen molar-refractivity contribution in [3.8, 4) is 0 Å². The molecule has 108 valence electrons. The Hall–Kier alpha value is -1.52. The molecular formula is C14H24N2O3. The highest BCUT2D eigenvalue weighted by Crippen LogP contribution is 2.15. The lowest BCUT2D eigenvalue weighted by molar-refractivity contribution is 0.0519. The van der Waals surface area contributed by atoms with Crippen molar-refractivity contribution in [2.75, 3.05) is 18.5 Å². The summed E-state index contributed by atoms with van der Waals surface area (Å²) in [4.78, 5) is 15.5. The number of ether oxygens (including phenoxy) is 1. The van der Waals surface area contributed by atoms with Gasteiger partial charge in [0.15, 0.2) is 5.69 Å². The van der Waals surface area contributed by atoms with Crippen LogP contribution in [0.4, 0.5) is 6.01 Å². The minimum atomic E-state index is -0.447. The maximum absolute atomic E-state index is 11.4. The van der Waals surface area contributed by atoms with Crippen LogP contribution in [0.1, 0.15) is 56.9 Å². The number of aromatic nitrogens is 1. The van der Waals surface area contributed by atoms with Crippen LogP contribution in [0.5, 0.6) is 0 Å². The molecule has 1 N–H and O–H groups in total. The number of rotatable bonds is 9. The van der Waals surface area contributed by atoms with Gasteiger partial charge >= 0.3 is 5.97 Å². The summed E-state index contributed by atoms with van der Waals surface area (Å²) in [6.45, 7) is 7.29. The second kappa shape index (κ2) is 8.56. The number of anilines is 1. The molecule has 0 amide bonds. The van der Waals surface area contributed by atoms with Gasteiger partial charge in [-0.2, -0.15) is 4.98 Å². The highest BCUT2D eigenvalue weighted by Gasteiger charge is 2.13. The Bertz CT molecular complexity index is 377. The Morgan fingerprint density at radius 2 is 2.26 bits per heavy atom. The van der Waals surface area contributed by atoms with Crippen molar-refractivity contribution in [1.82, 2.24) is 4.98 Å². The Morgan fingerprint density at radius 3 is 2.89 bits per heavy atom. The van der Waals surface area contributed by atoms with E-state index in [1.165, 1.54) is 25.5 Å². The lowest BCUT2D eigenvalue weighted by Crippen LogP contribution is -2.14. The van der Waals surface area contributed by atoms with E-state index in [9.17, 15) is 4.79 Å².